The molecular weight excluding hydrogens is 350 g/mol. The van der Waals surface area contributed by atoms with E-state index in [0.717, 1.165) is 25.9 Å². The molecule has 8 heteroatoms. The average Bonchev–Trinajstić information content (AvgIpc) is 2.96. The first kappa shape index (κ1) is 17.7. The van der Waals surface area contributed by atoms with Crippen molar-refractivity contribution < 1.29 is 23.0 Å². The van der Waals surface area contributed by atoms with E-state index in [1.165, 1.54) is 37.4 Å². The predicted octanol–water partition coefficient (Wildman–Crippen LogP) is 3.75. The fourth-order valence-electron chi connectivity index (χ4n) is 2.74. The van der Waals surface area contributed by atoms with Crippen LogP contribution in [0.2, 0.25) is 0 Å². The van der Waals surface area contributed by atoms with Crippen LogP contribution in [0.3, 0.4) is 0 Å². The molecule has 1 saturated heterocycles. The van der Waals surface area contributed by atoms with Gasteiger partial charge >= 0.3 is 6.61 Å². The van der Waals surface area contributed by atoms with Crippen molar-refractivity contribution in [2.75, 3.05) is 20.2 Å². The van der Waals surface area contributed by atoms with Crippen LogP contribution in [0.5, 0.6) is 11.5 Å². The molecule has 1 amide bonds. The Morgan fingerprint density at radius 2 is 2.00 bits per heavy atom. The standard InChI is InChI=1S/C17H18F2N2O3S/c1-23-12-6-5-11(9-13(12)24-16(18)19)10-14-15(22)20-17(25-14)21-7-3-2-4-8-21/h5-6,9-10,16H,2-4,7-8H2,1H3. The van der Waals surface area contributed by atoms with Gasteiger partial charge in [0.1, 0.15) is 0 Å². The van der Waals surface area contributed by atoms with E-state index in [2.05, 4.69) is 14.6 Å². The zero-order valence-corrected chi connectivity index (χ0v) is 14.5. The van der Waals surface area contributed by atoms with E-state index >= 15 is 0 Å². The zero-order valence-electron chi connectivity index (χ0n) is 13.7. The Morgan fingerprint density at radius 1 is 1.24 bits per heavy atom. The lowest BCUT2D eigenvalue weighted by atomic mass is 10.1. The lowest BCUT2D eigenvalue weighted by molar-refractivity contribution is -0.113. The van der Waals surface area contributed by atoms with E-state index in [4.69, 9.17) is 4.74 Å². The molecule has 134 valence electrons. The number of amidine groups is 1. The first-order chi connectivity index (χ1) is 12.1. The van der Waals surface area contributed by atoms with Gasteiger partial charge in [-0.2, -0.15) is 13.8 Å². The summed E-state index contributed by atoms with van der Waals surface area (Å²) in [7, 11) is 1.38. The third-order valence-corrected chi connectivity index (χ3v) is 4.98. The summed E-state index contributed by atoms with van der Waals surface area (Å²) < 4.78 is 34.5. The van der Waals surface area contributed by atoms with Crippen LogP contribution >= 0.6 is 11.8 Å². The van der Waals surface area contributed by atoms with E-state index in [-0.39, 0.29) is 17.4 Å². The number of piperidine rings is 1. The maximum Gasteiger partial charge on any atom is 0.387 e. The summed E-state index contributed by atoms with van der Waals surface area (Å²) in [6, 6.07) is 4.63. The normalized spacial score (nSPS) is 19.5. The van der Waals surface area contributed by atoms with Gasteiger partial charge in [0.05, 0.1) is 12.0 Å². The van der Waals surface area contributed by atoms with Crippen LogP contribution in [0.1, 0.15) is 24.8 Å². The smallest absolute Gasteiger partial charge is 0.387 e. The minimum atomic E-state index is -2.95. The molecule has 3 rings (SSSR count). The molecule has 1 aromatic carbocycles. The molecule has 0 radical (unpaired) electrons. The first-order valence-corrected chi connectivity index (χ1v) is 8.79. The van der Waals surface area contributed by atoms with E-state index in [0.29, 0.717) is 15.6 Å². The van der Waals surface area contributed by atoms with Crippen molar-refractivity contribution in [2.24, 2.45) is 4.99 Å². The number of alkyl halides is 2. The molecular formula is C17H18F2N2O3S. The van der Waals surface area contributed by atoms with Crippen molar-refractivity contribution in [1.82, 2.24) is 4.90 Å². The molecule has 5 nitrogen and oxygen atoms in total. The second kappa shape index (κ2) is 7.86. The highest BCUT2D eigenvalue weighted by molar-refractivity contribution is 8.18. The van der Waals surface area contributed by atoms with Crippen LogP contribution in [0.4, 0.5) is 8.78 Å². The van der Waals surface area contributed by atoms with E-state index in [1.807, 2.05) is 0 Å². The average molecular weight is 368 g/mol. The quantitative estimate of drug-likeness (QED) is 0.758. The Balaban J connectivity index is 1.78. The highest BCUT2D eigenvalue weighted by Crippen LogP contribution is 2.34. The van der Waals surface area contributed by atoms with Gasteiger partial charge < -0.3 is 14.4 Å². The minimum absolute atomic E-state index is 0.0699. The summed E-state index contributed by atoms with van der Waals surface area (Å²) in [5.74, 6) is -0.171. The number of benzene rings is 1. The Labute approximate surface area is 148 Å². The number of likely N-dealkylation sites (tertiary alicyclic amines) is 1. The molecule has 0 aliphatic carbocycles. The molecule has 2 aliphatic rings. The number of rotatable bonds is 4. The predicted molar refractivity (Wildman–Crippen MR) is 93.1 cm³/mol. The fraction of sp³-hybridized carbons (Fsp3) is 0.412. The lowest BCUT2D eigenvalue weighted by Crippen LogP contribution is -2.33. The number of carbonyl (C=O) groups is 1. The summed E-state index contributed by atoms with van der Waals surface area (Å²) in [4.78, 5) is 18.8. The Bertz CT molecular complexity index is 716. The van der Waals surface area contributed by atoms with Gasteiger partial charge in [0.25, 0.3) is 5.91 Å². The molecule has 0 bridgehead atoms. The number of hydrogen-bond acceptors (Lipinski definition) is 5. The van der Waals surface area contributed by atoms with Crippen molar-refractivity contribution in [3.63, 3.8) is 0 Å². The third-order valence-electron chi connectivity index (χ3n) is 3.94. The summed E-state index contributed by atoms with van der Waals surface area (Å²) in [6.45, 7) is -1.14. The fourth-order valence-corrected chi connectivity index (χ4v) is 3.71. The van der Waals surface area contributed by atoms with Gasteiger partial charge in [-0.15, -0.1) is 0 Å². The number of halogens is 2. The van der Waals surface area contributed by atoms with Gasteiger partial charge in [-0.25, -0.2) is 0 Å². The molecule has 25 heavy (non-hydrogen) atoms. The molecule has 0 N–H and O–H groups in total. The summed E-state index contributed by atoms with van der Waals surface area (Å²) in [5, 5.41) is 0.716. The van der Waals surface area contributed by atoms with Gasteiger partial charge in [-0.05, 0) is 54.8 Å². The van der Waals surface area contributed by atoms with E-state index in [1.54, 1.807) is 12.1 Å². The second-order valence-corrected chi connectivity index (χ2v) is 6.66. The summed E-state index contributed by atoms with van der Waals surface area (Å²) >= 11 is 1.32. The monoisotopic (exact) mass is 368 g/mol. The van der Waals surface area contributed by atoms with Crippen molar-refractivity contribution in [1.29, 1.82) is 0 Å². The number of hydrogen-bond donors (Lipinski definition) is 0. The zero-order chi connectivity index (χ0) is 17.8. The van der Waals surface area contributed by atoms with Crippen LogP contribution in [0.15, 0.2) is 28.1 Å². The summed E-state index contributed by atoms with van der Waals surface area (Å²) in [5.41, 5.74) is 0.572. The highest BCUT2D eigenvalue weighted by Gasteiger charge is 2.27. The number of methoxy groups -OCH3 is 1. The van der Waals surface area contributed by atoms with Crippen LogP contribution < -0.4 is 9.47 Å². The topological polar surface area (TPSA) is 51.1 Å². The molecule has 0 atom stereocenters. The highest BCUT2D eigenvalue weighted by atomic mass is 32.2. The van der Waals surface area contributed by atoms with Crippen LogP contribution in [-0.4, -0.2) is 42.8 Å². The Morgan fingerprint density at radius 3 is 2.68 bits per heavy atom. The van der Waals surface area contributed by atoms with Crippen molar-refractivity contribution in [2.45, 2.75) is 25.9 Å². The molecule has 0 saturated carbocycles. The van der Waals surface area contributed by atoms with E-state index < -0.39 is 6.61 Å². The Hall–Kier alpha value is -2.09. The number of carbonyl (C=O) groups excluding carboxylic acids is 1. The first-order valence-electron chi connectivity index (χ1n) is 7.97. The SMILES string of the molecule is COc1ccc(C=C2SC(N3CCCCC3)=NC2=O)cc1OC(F)F. The molecule has 1 fully saturated rings. The second-order valence-electron chi connectivity index (χ2n) is 5.65. The van der Waals surface area contributed by atoms with Gasteiger partial charge in [0.15, 0.2) is 16.7 Å². The largest absolute Gasteiger partial charge is 0.493 e. The molecule has 0 spiro atoms. The maximum absolute atomic E-state index is 12.5. The van der Waals surface area contributed by atoms with Crippen LogP contribution in [-0.2, 0) is 4.79 Å². The number of ether oxygens (including phenoxy) is 2. The molecule has 2 heterocycles. The van der Waals surface area contributed by atoms with Gasteiger partial charge in [0, 0.05) is 13.1 Å². The summed E-state index contributed by atoms with van der Waals surface area (Å²) in [6.07, 6.45) is 5.02. The molecule has 1 aromatic rings. The van der Waals surface area contributed by atoms with Gasteiger partial charge in [-0.3, -0.25) is 4.79 Å². The number of amides is 1. The Kier molecular flexibility index (Phi) is 5.57. The number of nitrogens with zero attached hydrogens (tertiary/aromatic N) is 2. The molecule has 2 aliphatic heterocycles. The minimum Gasteiger partial charge on any atom is -0.493 e. The van der Waals surface area contributed by atoms with Gasteiger partial charge in [-0.1, -0.05) is 6.07 Å². The van der Waals surface area contributed by atoms with Crippen molar-refractivity contribution in [3.8, 4) is 11.5 Å². The van der Waals surface area contributed by atoms with E-state index in [9.17, 15) is 13.6 Å². The van der Waals surface area contributed by atoms with Crippen molar-refractivity contribution in [3.05, 3.63) is 28.7 Å². The number of thioether (sulfide) groups is 1. The number of aliphatic imine (C=N–C) groups is 1. The van der Waals surface area contributed by atoms with Gasteiger partial charge in [0.2, 0.25) is 0 Å². The van der Waals surface area contributed by atoms with Crippen LogP contribution in [0.25, 0.3) is 6.08 Å². The maximum atomic E-state index is 12.5. The van der Waals surface area contributed by atoms with Crippen LogP contribution in [0, 0.1) is 0 Å². The lowest BCUT2D eigenvalue weighted by Gasteiger charge is -2.27. The molecule has 0 aromatic heterocycles. The third kappa shape index (κ3) is 4.31. The molecule has 0 unspecified atom stereocenters. The van der Waals surface area contributed by atoms with Crippen molar-refractivity contribution >= 4 is 28.9 Å².